The van der Waals surface area contributed by atoms with E-state index in [0.29, 0.717) is 18.6 Å². The second kappa shape index (κ2) is 8.02. The first kappa shape index (κ1) is 16.7. The molecular formula is C14H19NO4S. The zero-order valence-corrected chi connectivity index (χ0v) is 12.4. The van der Waals surface area contributed by atoms with Crippen LogP contribution in [0.2, 0.25) is 0 Å². The highest BCUT2D eigenvalue weighted by Gasteiger charge is 2.17. The lowest BCUT2D eigenvalue weighted by atomic mass is 10.2. The van der Waals surface area contributed by atoms with Gasteiger partial charge < -0.3 is 9.84 Å². The van der Waals surface area contributed by atoms with E-state index in [-0.39, 0.29) is 17.5 Å². The van der Waals surface area contributed by atoms with Gasteiger partial charge in [0.15, 0.2) is 0 Å². The summed E-state index contributed by atoms with van der Waals surface area (Å²) in [6, 6.07) is 6.07. The number of benzene rings is 1. The van der Waals surface area contributed by atoms with Gasteiger partial charge in [0.1, 0.15) is 0 Å². The molecule has 110 valence electrons. The number of sulfonamides is 1. The minimum Gasteiger partial charge on any atom is -0.395 e. The molecule has 1 atom stereocenters. The Bertz CT molecular complexity index is 587. The lowest BCUT2D eigenvalue weighted by Crippen LogP contribution is -2.35. The molecule has 2 N–H and O–H groups in total. The quantitative estimate of drug-likeness (QED) is 0.759. The summed E-state index contributed by atoms with van der Waals surface area (Å²) >= 11 is 0. The number of nitrogens with one attached hydrogen (secondary N) is 1. The third-order valence-electron chi connectivity index (χ3n) is 2.39. The van der Waals surface area contributed by atoms with Crippen LogP contribution in [-0.2, 0) is 14.8 Å². The van der Waals surface area contributed by atoms with Gasteiger partial charge in [-0.15, -0.1) is 0 Å². The van der Waals surface area contributed by atoms with E-state index in [1.165, 1.54) is 19.2 Å². The number of hydrogen-bond acceptors (Lipinski definition) is 4. The van der Waals surface area contributed by atoms with Crippen LogP contribution in [0.3, 0.4) is 0 Å². The molecule has 1 rings (SSSR count). The van der Waals surface area contributed by atoms with E-state index in [1.807, 2.05) is 0 Å². The average Bonchev–Trinajstić information content (AvgIpc) is 2.39. The summed E-state index contributed by atoms with van der Waals surface area (Å²) in [6.07, 6.45) is 0.361. The number of aliphatic hydroxyl groups is 1. The van der Waals surface area contributed by atoms with Crippen molar-refractivity contribution in [2.45, 2.75) is 24.3 Å². The largest absolute Gasteiger partial charge is 0.395 e. The van der Waals surface area contributed by atoms with E-state index in [2.05, 4.69) is 16.6 Å². The monoisotopic (exact) mass is 297 g/mol. The van der Waals surface area contributed by atoms with E-state index in [4.69, 9.17) is 9.84 Å². The molecule has 0 aromatic heterocycles. The lowest BCUT2D eigenvalue weighted by Gasteiger charge is -2.13. The summed E-state index contributed by atoms with van der Waals surface area (Å²) in [7, 11) is -2.07. The van der Waals surface area contributed by atoms with Crippen LogP contribution < -0.4 is 4.72 Å². The third-order valence-corrected chi connectivity index (χ3v) is 3.97. The maximum Gasteiger partial charge on any atom is 0.240 e. The maximum absolute atomic E-state index is 12.1. The van der Waals surface area contributed by atoms with Crippen molar-refractivity contribution in [1.82, 2.24) is 4.72 Å². The van der Waals surface area contributed by atoms with Crippen LogP contribution in [-0.4, -0.2) is 39.9 Å². The standard InChI is InChI=1S/C14H19NO4S/c1-12(11-19-2)15-20(17,18)14-8-5-7-13(10-14)6-3-4-9-16/h5,7-8,10,12,15-16H,4,9,11H2,1-2H3. The van der Waals surface area contributed by atoms with E-state index < -0.39 is 10.0 Å². The van der Waals surface area contributed by atoms with E-state index in [1.54, 1.807) is 19.1 Å². The van der Waals surface area contributed by atoms with Gasteiger partial charge in [0, 0.05) is 25.1 Å². The summed E-state index contributed by atoms with van der Waals surface area (Å²) < 4.78 is 31.7. The highest BCUT2D eigenvalue weighted by molar-refractivity contribution is 7.89. The molecule has 1 unspecified atom stereocenters. The summed E-state index contributed by atoms with van der Waals surface area (Å²) in [5.41, 5.74) is 0.598. The maximum atomic E-state index is 12.1. The normalized spacial score (nSPS) is 12.6. The molecule has 0 saturated heterocycles. The van der Waals surface area contributed by atoms with Crippen molar-refractivity contribution in [1.29, 1.82) is 0 Å². The Labute approximate surface area is 120 Å². The van der Waals surface area contributed by atoms with E-state index in [9.17, 15) is 8.42 Å². The van der Waals surface area contributed by atoms with Crippen molar-refractivity contribution < 1.29 is 18.3 Å². The van der Waals surface area contributed by atoms with Crippen LogP contribution in [0.15, 0.2) is 29.2 Å². The molecule has 5 nitrogen and oxygen atoms in total. The fraction of sp³-hybridized carbons (Fsp3) is 0.429. The van der Waals surface area contributed by atoms with Crippen molar-refractivity contribution in [3.05, 3.63) is 29.8 Å². The molecule has 0 saturated carbocycles. The van der Waals surface area contributed by atoms with Crippen LogP contribution in [0.1, 0.15) is 18.9 Å². The van der Waals surface area contributed by atoms with Crippen LogP contribution in [0.4, 0.5) is 0 Å². The van der Waals surface area contributed by atoms with Gasteiger partial charge in [0.2, 0.25) is 10.0 Å². The average molecular weight is 297 g/mol. The Morgan fingerprint density at radius 2 is 2.20 bits per heavy atom. The summed E-state index contributed by atoms with van der Waals surface area (Å²) in [6.45, 7) is 2.02. The van der Waals surface area contributed by atoms with Gasteiger partial charge in [-0.1, -0.05) is 17.9 Å². The van der Waals surface area contributed by atoms with Gasteiger partial charge >= 0.3 is 0 Å². The van der Waals surface area contributed by atoms with Crippen molar-refractivity contribution in [2.24, 2.45) is 0 Å². The minimum absolute atomic E-state index is 0.0128. The number of hydrogen-bond donors (Lipinski definition) is 2. The zero-order chi connectivity index (χ0) is 15.0. The number of methoxy groups -OCH3 is 1. The van der Waals surface area contributed by atoms with Gasteiger partial charge in [-0.25, -0.2) is 13.1 Å². The highest BCUT2D eigenvalue weighted by Crippen LogP contribution is 2.11. The molecule has 0 aliphatic heterocycles. The lowest BCUT2D eigenvalue weighted by molar-refractivity contribution is 0.180. The van der Waals surface area contributed by atoms with E-state index in [0.717, 1.165) is 0 Å². The smallest absolute Gasteiger partial charge is 0.240 e. The highest BCUT2D eigenvalue weighted by atomic mass is 32.2. The van der Waals surface area contributed by atoms with Crippen LogP contribution in [0.5, 0.6) is 0 Å². The van der Waals surface area contributed by atoms with Crippen LogP contribution >= 0.6 is 0 Å². The molecule has 0 radical (unpaired) electrons. The Morgan fingerprint density at radius 3 is 2.85 bits per heavy atom. The molecule has 1 aromatic carbocycles. The summed E-state index contributed by atoms with van der Waals surface area (Å²) in [4.78, 5) is 0.163. The molecule has 0 bridgehead atoms. The van der Waals surface area contributed by atoms with Crippen molar-refractivity contribution in [3.63, 3.8) is 0 Å². The zero-order valence-electron chi connectivity index (χ0n) is 11.6. The molecule has 6 heteroatoms. The van der Waals surface area contributed by atoms with Gasteiger partial charge in [-0.05, 0) is 25.1 Å². The molecule has 0 heterocycles. The molecule has 0 aliphatic rings. The molecule has 1 aromatic rings. The molecule has 0 fully saturated rings. The van der Waals surface area contributed by atoms with Crippen molar-refractivity contribution in [2.75, 3.05) is 20.3 Å². The summed E-state index contributed by atoms with van der Waals surface area (Å²) in [5.74, 6) is 5.57. The van der Waals surface area contributed by atoms with Gasteiger partial charge in [0.05, 0.1) is 18.1 Å². The van der Waals surface area contributed by atoms with Crippen LogP contribution in [0.25, 0.3) is 0 Å². The molecule has 0 spiro atoms. The first-order valence-corrected chi connectivity index (χ1v) is 7.69. The van der Waals surface area contributed by atoms with Crippen molar-refractivity contribution in [3.8, 4) is 11.8 Å². The summed E-state index contributed by atoms with van der Waals surface area (Å²) in [5, 5.41) is 8.66. The van der Waals surface area contributed by atoms with Gasteiger partial charge in [-0.3, -0.25) is 0 Å². The number of ether oxygens (including phenoxy) is 1. The van der Waals surface area contributed by atoms with Gasteiger partial charge in [-0.2, -0.15) is 0 Å². The molecule has 20 heavy (non-hydrogen) atoms. The first-order chi connectivity index (χ1) is 9.49. The third kappa shape index (κ3) is 5.31. The first-order valence-electron chi connectivity index (χ1n) is 6.20. The Kier molecular flexibility index (Phi) is 6.68. The molecular weight excluding hydrogens is 278 g/mol. The Morgan fingerprint density at radius 1 is 1.45 bits per heavy atom. The fourth-order valence-electron chi connectivity index (χ4n) is 1.58. The van der Waals surface area contributed by atoms with E-state index >= 15 is 0 Å². The second-order valence-electron chi connectivity index (χ2n) is 4.28. The predicted molar refractivity (Wildman–Crippen MR) is 76.7 cm³/mol. The second-order valence-corrected chi connectivity index (χ2v) is 5.99. The number of aliphatic hydroxyl groups excluding tert-OH is 1. The fourth-order valence-corrected chi connectivity index (χ4v) is 2.85. The van der Waals surface area contributed by atoms with Crippen LogP contribution in [0, 0.1) is 11.8 Å². The topological polar surface area (TPSA) is 75.6 Å². The molecule has 0 amide bonds. The number of rotatable bonds is 6. The van der Waals surface area contributed by atoms with Gasteiger partial charge in [0.25, 0.3) is 0 Å². The SMILES string of the molecule is COCC(C)NS(=O)(=O)c1cccc(C#CCCO)c1. The Hall–Kier alpha value is -1.39. The Balaban J connectivity index is 2.91. The minimum atomic E-state index is -3.58. The molecule has 0 aliphatic carbocycles. The van der Waals surface area contributed by atoms with Crippen molar-refractivity contribution >= 4 is 10.0 Å². The predicted octanol–water partition coefficient (Wildman–Crippen LogP) is 0.734.